The van der Waals surface area contributed by atoms with Gasteiger partial charge in [0.25, 0.3) is 0 Å². The fourth-order valence-electron chi connectivity index (χ4n) is 4.75. The predicted octanol–water partition coefficient (Wildman–Crippen LogP) is 0.554. The smallest absolute Gasteiger partial charge is 0.246 e. The molecule has 0 bridgehead atoms. The van der Waals surface area contributed by atoms with Gasteiger partial charge in [-0.25, -0.2) is 5.48 Å². The molecule has 1 aromatic rings. The quantitative estimate of drug-likeness (QED) is 0.193. The molecule has 202 valence electrons. The minimum absolute atomic E-state index is 0.149. The lowest BCUT2D eigenvalue weighted by molar-refractivity contribution is -0.144. The zero-order chi connectivity index (χ0) is 27.0. The van der Waals surface area contributed by atoms with Crippen molar-refractivity contribution in [3.8, 4) is 0 Å². The molecule has 2 aliphatic rings. The number of hydrogen-bond acceptors (Lipinski definition) is 6. The Kier molecular flexibility index (Phi) is 9.62. The van der Waals surface area contributed by atoms with Gasteiger partial charge in [0, 0.05) is 19.4 Å². The molecule has 2 heterocycles. The first-order chi connectivity index (χ1) is 17.6. The van der Waals surface area contributed by atoms with Gasteiger partial charge in [-0.2, -0.15) is 0 Å². The molecule has 0 aliphatic carbocycles. The Bertz CT molecular complexity index is 998. The van der Waals surface area contributed by atoms with Gasteiger partial charge in [0.05, 0.1) is 0 Å². The molecule has 11 nitrogen and oxygen atoms in total. The largest absolute Gasteiger partial charge is 0.343 e. The van der Waals surface area contributed by atoms with E-state index < -0.39 is 47.3 Å². The van der Waals surface area contributed by atoms with Crippen molar-refractivity contribution in [2.75, 3.05) is 6.54 Å². The molecular formula is C26H37N5O6. The van der Waals surface area contributed by atoms with Crippen molar-refractivity contribution in [2.45, 2.75) is 88.9 Å². The summed E-state index contributed by atoms with van der Waals surface area (Å²) in [5.41, 5.74) is 1.11. The minimum Gasteiger partial charge on any atom is -0.343 e. The van der Waals surface area contributed by atoms with Crippen LogP contribution < -0.4 is 21.4 Å². The van der Waals surface area contributed by atoms with E-state index in [4.69, 9.17) is 5.21 Å². The van der Waals surface area contributed by atoms with Crippen LogP contribution in [0, 0.1) is 0 Å². The van der Waals surface area contributed by atoms with Crippen LogP contribution in [0.5, 0.6) is 0 Å². The third kappa shape index (κ3) is 7.51. The Hall–Kier alpha value is -3.47. The molecular weight excluding hydrogens is 478 g/mol. The Labute approximate surface area is 216 Å². The predicted molar refractivity (Wildman–Crippen MR) is 134 cm³/mol. The first kappa shape index (κ1) is 28.1. The minimum atomic E-state index is -1.34. The van der Waals surface area contributed by atoms with Crippen LogP contribution in [0.1, 0.15) is 64.4 Å². The van der Waals surface area contributed by atoms with E-state index in [9.17, 15) is 24.0 Å². The van der Waals surface area contributed by atoms with Crippen molar-refractivity contribution in [1.29, 1.82) is 0 Å². The van der Waals surface area contributed by atoms with Gasteiger partial charge >= 0.3 is 0 Å². The lowest BCUT2D eigenvalue weighted by Crippen LogP contribution is -2.64. The number of carbonyl (C=O) groups is 5. The molecule has 5 amide bonds. The summed E-state index contributed by atoms with van der Waals surface area (Å²) in [6, 6.07) is 6.82. The zero-order valence-electron chi connectivity index (χ0n) is 21.4. The second-order valence-electron chi connectivity index (χ2n) is 10.2. The highest BCUT2D eigenvalue weighted by molar-refractivity contribution is 5.99. The molecule has 1 aromatic carbocycles. The average molecular weight is 516 g/mol. The van der Waals surface area contributed by atoms with E-state index in [1.54, 1.807) is 19.3 Å². The van der Waals surface area contributed by atoms with Crippen molar-refractivity contribution >= 4 is 29.5 Å². The topological polar surface area (TPSA) is 157 Å². The highest BCUT2D eigenvalue weighted by Gasteiger charge is 2.42. The lowest BCUT2D eigenvalue weighted by atomic mass is 9.98. The maximum absolute atomic E-state index is 13.6. The van der Waals surface area contributed by atoms with Gasteiger partial charge < -0.3 is 20.9 Å². The third-order valence-electron chi connectivity index (χ3n) is 6.88. The molecule has 0 radical (unpaired) electrons. The molecule has 5 N–H and O–H groups in total. The Morgan fingerprint density at radius 3 is 2.46 bits per heavy atom. The lowest BCUT2D eigenvalue weighted by Gasteiger charge is -2.34. The zero-order valence-corrected chi connectivity index (χ0v) is 21.4. The van der Waals surface area contributed by atoms with E-state index in [-0.39, 0.29) is 18.7 Å². The fraction of sp³-hybridized carbons (Fsp3) is 0.577. The van der Waals surface area contributed by atoms with Crippen molar-refractivity contribution in [3.63, 3.8) is 0 Å². The summed E-state index contributed by atoms with van der Waals surface area (Å²) < 4.78 is 0. The normalized spacial score (nSPS) is 24.2. The molecule has 2 fully saturated rings. The van der Waals surface area contributed by atoms with Crippen molar-refractivity contribution in [1.82, 2.24) is 26.3 Å². The van der Waals surface area contributed by atoms with Gasteiger partial charge in [-0.05, 0) is 45.1 Å². The number of hydrogen-bond donors (Lipinski definition) is 5. The number of amides is 5. The molecule has 0 spiro atoms. The van der Waals surface area contributed by atoms with Gasteiger partial charge in [0.15, 0.2) is 0 Å². The summed E-state index contributed by atoms with van der Waals surface area (Å²) in [6.07, 6.45) is 3.48. The van der Waals surface area contributed by atoms with Gasteiger partial charge in [-0.3, -0.25) is 29.2 Å². The maximum Gasteiger partial charge on any atom is 0.246 e. The van der Waals surface area contributed by atoms with E-state index in [0.717, 1.165) is 5.56 Å². The average Bonchev–Trinajstić information content (AvgIpc) is 3.36. The van der Waals surface area contributed by atoms with E-state index in [1.807, 2.05) is 30.3 Å². The SMILES string of the molecule is CC1(C)NC(=O)C(CCCCCC(=O)NO)NC(=O)[C@H]2CCCN2C(=O)C(Cc2ccccc2)NC1=O. The van der Waals surface area contributed by atoms with Crippen LogP contribution >= 0.6 is 0 Å². The number of carbonyl (C=O) groups excluding carboxylic acids is 5. The number of hydroxylamine groups is 1. The van der Waals surface area contributed by atoms with Gasteiger partial charge in [-0.15, -0.1) is 0 Å². The molecule has 3 rings (SSSR count). The summed E-state index contributed by atoms with van der Waals surface area (Å²) in [7, 11) is 0. The number of nitrogens with zero attached hydrogens (tertiary/aromatic N) is 1. The molecule has 0 saturated carbocycles. The summed E-state index contributed by atoms with van der Waals surface area (Å²) >= 11 is 0. The molecule has 2 saturated heterocycles. The number of fused-ring (bicyclic) bond motifs is 1. The van der Waals surface area contributed by atoms with Crippen LogP contribution in [0.4, 0.5) is 0 Å². The Balaban J connectivity index is 1.80. The first-order valence-electron chi connectivity index (χ1n) is 12.8. The standard InChI is InChI=1S/C26H37N5O6/c1-26(2)25(36)28-19(16-17-10-5-3-6-11-17)24(35)31-15-9-13-20(31)23(34)27-18(22(33)29-26)12-7-4-8-14-21(32)30-37/h3,5-6,10-11,18-20,37H,4,7-9,12-16H2,1-2H3,(H,27,34)(H,28,36)(H,29,33)(H,30,32)/t18?,19?,20-/m1/s1. The summed E-state index contributed by atoms with van der Waals surface area (Å²) in [4.78, 5) is 66.0. The van der Waals surface area contributed by atoms with Crippen LogP contribution in [0.15, 0.2) is 30.3 Å². The highest BCUT2D eigenvalue weighted by Crippen LogP contribution is 2.21. The molecule has 0 aromatic heterocycles. The first-order valence-corrected chi connectivity index (χ1v) is 12.8. The third-order valence-corrected chi connectivity index (χ3v) is 6.88. The molecule has 3 atom stereocenters. The summed E-state index contributed by atoms with van der Waals surface area (Å²) in [5.74, 6) is -2.18. The van der Waals surface area contributed by atoms with E-state index in [0.29, 0.717) is 45.1 Å². The highest BCUT2D eigenvalue weighted by atomic mass is 16.5. The van der Waals surface area contributed by atoms with Crippen molar-refractivity contribution in [2.24, 2.45) is 0 Å². The van der Waals surface area contributed by atoms with Gasteiger partial charge in [0.2, 0.25) is 29.5 Å². The van der Waals surface area contributed by atoms with Crippen LogP contribution in [0.25, 0.3) is 0 Å². The maximum atomic E-state index is 13.6. The van der Waals surface area contributed by atoms with Crippen LogP contribution in [-0.2, 0) is 30.4 Å². The monoisotopic (exact) mass is 515 g/mol. The number of unbranched alkanes of at least 4 members (excludes halogenated alkanes) is 2. The number of benzene rings is 1. The Morgan fingerprint density at radius 1 is 1.03 bits per heavy atom. The van der Waals surface area contributed by atoms with Gasteiger partial charge in [-0.1, -0.05) is 43.2 Å². The molecule has 2 aliphatic heterocycles. The molecule has 37 heavy (non-hydrogen) atoms. The molecule has 2 unspecified atom stereocenters. The van der Waals surface area contributed by atoms with Crippen LogP contribution in [0.3, 0.4) is 0 Å². The van der Waals surface area contributed by atoms with Crippen LogP contribution in [0.2, 0.25) is 0 Å². The number of nitrogens with one attached hydrogen (secondary N) is 4. The van der Waals surface area contributed by atoms with Crippen LogP contribution in [-0.4, -0.2) is 69.9 Å². The van der Waals surface area contributed by atoms with Crippen molar-refractivity contribution < 1.29 is 29.2 Å². The van der Waals surface area contributed by atoms with E-state index in [1.165, 1.54) is 4.90 Å². The second kappa shape index (κ2) is 12.7. The van der Waals surface area contributed by atoms with Gasteiger partial charge in [0.1, 0.15) is 23.7 Å². The fourth-order valence-corrected chi connectivity index (χ4v) is 4.75. The number of rotatable bonds is 8. The van der Waals surface area contributed by atoms with E-state index in [2.05, 4.69) is 16.0 Å². The molecule has 11 heteroatoms. The summed E-state index contributed by atoms with van der Waals surface area (Å²) in [6.45, 7) is 3.51. The van der Waals surface area contributed by atoms with E-state index >= 15 is 0 Å². The van der Waals surface area contributed by atoms with Crippen molar-refractivity contribution in [3.05, 3.63) is 35.9 Å². The summed E-state index contributed by atoms with van der Waals surface area (Å²) in [5, 5.41) is 17.0. The second-order valence-corrected chi connectivity index (χ2v) is 10.2. The Morgan fingerprint density at radius 2 is 1.76 bits per heavy atom.